The number of fused-ring (bicyclic) bond motifs is 1. The zero-order valence-corrected chi connectivity index (χ0v) is 9.05. The molecule has 0 amide bonds. The van der Waals surface area contributed by atoms with Crippen LogP contribution in [0.1, 0.15) is 17.5 Å². The molecule has 2 heteroatoms. The smallest absolute Gasteiger partial charge is 0.0418 e. The van der Waals surface area contributed by atoms with Gasteiger partial charge >= 0.3 is 0 Å². The summed E-state index contributed by atoms with van der Waals surface area (Å²) in [7, 11) is 0. The molecule has 0 bridgehead atoms. The van der Waals surface area contributed by atoms with Gasteiger partial charge in [-0.3, -0.25) is 0 Å². The van der Waals surface area contributed by atoms with Crippen molar-refractivity contribution in [1.82, 2.24) is 5.32 Å². The predicted molar refractivity (Wildman–Crippen MR) is 65.2 cm³/mol. The number of hydrogen-bond donors (Lipinski definition) is 2. The van der Waals surface area contributed by atoms with E-state index in [1.807, 2.05) is 6.08 Å². The average molecular weight is 202 g/mol. The Hall–Kier alpha value is -1.28. The molecule has 0 fully saturated rings. The summed E-state index contributed by atoms with van der Waals surface area (Å²) >= 11 is 0. The number of anilines is 1. The minimum absolute atomic E-state index is 0.865. The van der Waals surface area contributed by atoms with Gasteiger partial charge < -0.3 is 10.6 Å². The Kier molecular flexibility index (Phi) is 3.41. The summed E-state index contributed by atoms with van der Waals surface area (Å²) < 4.78 is 0. The molecule has 1 aliphatic heterocycles. The molecule has 80 valence electrons. The maximum absolute atomic E-state index is 3.70. The van der Waals surface area contributed by atoms with Crippen LogP contribution < -0.4 is 10.6 Å². The molecular formula is C13H18N2. The van der Waals surface area contributed by atoms with Crippen molar-refractivity contribution >= 4 is 5.69 Å². The average Bonchev–Trinajstić information content (AvgIpc) is 2.30. The molecule has 0 unspecified atom stereocenters. The van der Waals surface area contributed by atoms with Gasteiger partial charge in [0.2, 0.25) is 0 Å². The van der Waals surface area contributed by atoms with Crippen molar-refractivity contribution in [1.29, 1.82) is 0 Å². The molecule has 15 heavy (non-hydrogen) atoms. The standard InChI is InChI=1S/C13H18N2/c1-2-8-14-10-12-6-3-5-11-7-4-9-15-13(11)12/h2-3,5-6,14-15H,1,4,7-10H2. The first-order valence-corrected chi connectivity index (χ1v) is 5.58. The molecule has 0 spiro atoms. The molecule has 1 aliphatic rings. The molecule has 0 saturated carbocycles. The summed E-state index contributed by atoms with van der Waals surface area (Å²) in [6, 6.07) is 6.56. The Morgan fingerprint density at radius 1 is 1.47 bits per heavy atom. The third-order valence-electron chi connectivity index (χ3n) is 2.77. The van der Waals surface area contributed by atoms with Gasteiger partial charge in [0.25, 0.3) is 0 Å². The van der Waals surface area contributed by atoms with Crippen LogP contribution in [0.5, 0.6) is 0 Å². The molecule has 0 aliphatic carbocycles. The van der Waals surface area contributed by atoms with Crippen LogP contribution >= 0.6 is 0 Å². The first kappa shape index (κ1) is 10.2. The molecule has 2 rings (SSSR count). The fourth-order valence-electron chi connectivity index (χ4n) is 2.04. The lowest BCUT2D eigenvalue weighted by Gasteiger charge is -2.21. The van der Waals surface area contributed by atoms with Crippen molar-refractivity contribution in [3.63, 3.8) is 0 Å². The SMILES string of the molecule is C=CCNCc1cccc2c1NCCC2. The number of aryl methyl sites for hydroxylation is 1. The van der Waals surface area contributed by atoms with Crippen LogP contribution in [0.25, 0.3) is 0 Å². The van der Waals surface area contributed by atoms with Gasteiger partial charge in [-0.05, 0) is 24.0 Å². The third kappa shape index (κ3) is 2.39. The Labute approximate surface area is 91.4 Å². The number of para-hydroxylation sites is 1. The lowest BCUT2D eigenvalue weighted by molar-refractivity contribution is 0.751. The lowest BCUT2D eigenvalue weighted by Crippen LogP contribution is -2.18. The van der Waals surface area contributed by atoms with E-state index < -0.39 is 0 Å². The van der Waals surface area contributed by atoms with E-state index in [9.17, 15) is 0 Å². The lowest BCUT2D eigenvalue weighted by atomic mass is 9.99. The van der Waals surface area contributed by atoms with Crippen molar-refractivity contribution in [2.75, 3.05) is 18.4 Å². The van der Waals surface area contributed by atoms with Gasteiger partial charge in [0, 0.05) is 25.3 Å². The number of benzene rings is 1. The van der Waals surface area contributed by atoms with Crippen LogP contribution in [0.2, 0.25) is 0 Å². The highest BCUT2D eigenvalue weighted by atomic mass is 14.9. The Balaban J connectivity index is 2.12. The second kappa shape index (κ2) is 4.99. The summed E-state index contributed by atoms with van der Waals surface area (Å²) in [5.41, 5.74) is 4.17. The van der Waals surface area contributed by atoms with E-state index in [1.165, 1.54) is 29.7 Å². The monoisotopic (exact) mass is 202 g/mol. The van der Waals surface area contributed by atoms with Crippen molar-refractivity contribution in [3.05, 3.63) is 42.0 Å². The van der Waals surface area contributed by atoms with Crippen molar-refractivity contribution in [2.24, 2.45) is 0 Å². The second-order valence-corrected chi connectivity index (χ2v) is 3.90. The maximum atomic E-state index is 3.70. The highest BCUT2D eigenvalue weighted by Gasteiger charge is 2.11. The molecule has 2 N–H and O–H groups in total. The van der Waals surface area contributed by atoms with Gasteiger partial charge in [0.05, 0.1) is 0 Å². The number of hydrogen-bond acceptors (Lipinski definition) is 2. The topological polar surface area (TPSA) is 24.1 Å². The van der Waals surface area contributed by atoms with E-state index in [2.05, 4.69) is 35.4 Å². The summed E-state index contributed by atoms with van der Waals surface area (Å²) in [6.07, 6.45) is 4.34. The van der Waals surface area contributed by atoms with Crippen LogP contribution in [0, 0.1) is 0 Å². The van der Waals surface area contributed by atoms with Crippen molar-refractivity contribution in [2.45, 2.75) is 19.4 Å². The van der Waals surface area contributed by atoms with Crippen molar-refractivity contribution in [3.8, 4) is 0 Å². The molecule has 0 radical (unpaired) electrons. The fraction of sp³-hybridized carbons (Fsp3) is 0.385. The highest BCUT2D eigenvalue weighted by Crippen LogP contribution is 2.25. The summed E-state index contributed by atoms with van der Waals surface area (Å²) in [6.45, 7) is 6.59. The maximum Gasteiger partial charge on any atom is 0.0418 e. The molecule has 0 saturated heterocycles. The van der Waals surface area contributed by atoms with E-state index in [4.69, 9.17) is 0 Å². The van der Waals surface area contributed by atoms with Crippen LogP contribution in [0.4, 0.5) is 5.69 Å². The van der Waals surface area contributed by atoms with Gasteiger partial charge in [0.15, 0.2) is 0 Å². The van der Waals surface area contributed by atoms with Gasteiger partial charge in [-0.25, -0.2) is 0 Å². The van der Waals surface area contributed by atoms with Gasteiger partial charge in [-0.15, -0.1) is 6.58 Å². The van der Waals surface area contributed by atoms with E-state index in [-0.39, 0.29) is 0 Å². The summed E-state index contributed by atoms with van der Waals surface area (Å²) in [5.74, 6) is 0. The zero-order chi connectivity index (χ0) is 10.5. The molecule has 2 nitrogen and oxygen atoms in total. The van der Waals surface area contributed by atoms with Crippen LogP contribution in [-0.2, 0) is 13.0 Å². The largest absolute Gasteiger partial charge is 0.385 e. The van der Waals surface area contributed by atoms with E-state index in [0.717, 1.165) is 19.6 Å². The molecule has 0 atom stereocenters. The Morgan fingerprint density at radius 2 is 2.40 bits per heavy atom. The minimum Gasteiger partial charge on any atom is -0.385 e. The normalized spacial score (nSPS) is 14.1. The Morgan fingerprint density at radius 3 is 3.27 bits per heavy atom. The minimum atomic E-state index is 0.865. The summed E-state index contributed by atoms with van der Waals surface area (Å²) in [5, 5.41) is 6.84. The van der Waals surface area contributed by atoms with E-state index >= 15 is 0 Å². The van der Waals surface area contributed by atoms with Gasteiger partial charge in [0.1, 0.15) is 0 Å². The van der Waals surface area contributed by atoms with Crippen LogP contribution in [-0.4, -0.2) is 13.1 Å². The zero-order valence-electron chi connectivity index (χ0n) is 9.05. The number of nitrogens with one attached hydrogen (secondary N) is 2. The molecular weight excluding hydrogens is 184 g/mol. The quantitative estimate of drug-likeness (QED) is 0.578. The van der Waals surface area contributed by atoms with Gasteiger partial charge in [-0.2, -0.15) is 0 Å². The fourth-order valence-corrected chi connectivity index (χ4v) is 2.04. The molecule has 0 aromatic heterocycles. The van der Waals surface area contributed by atoms with Crippen LogP contribution in [0.15, 0.2) is 30.9 Å². The third-order valence-corrected chi connectivity index (χ3v) is 2.77. The first-order chi connectivity index (χ1) is 7.42. The number of rotatable bonds is 4. The predicted octanol–water partition coefficient (Wildman–Crippen LogP) is 2.32. The molecule has 1 heterocycles. The van der Waals surface area contributed by atoms with E-state index in [0.29, 0.717) is 0 Å². The second-order valence-electron chi connectivity index (χ2n) is 3.90. The highest BCUT2D eigenvalue weighted by molar-refractivity contribution is 5.59. The van der Waals surface area contributed by atoms with Crippen molar-refractivity contribution < 1.29 is 0 Å². The van der Waals surface area contributed by atoms with E-state index in [1.54, 1.807) is 0 Å². The molecule has 1 aromatic carbocycles. The van der Waals surface area contributed by atoms with Crippen LogP contribution in [0.3, 0.4) is 0 Å². The molecule has 1 aromatic rings. The summed E-state index contributed by atoms with van der Waals surface area (Å²) in [4.78, 5) is 0. The van der Waals surface area contributed by atoms with Gasteiger partial charge in [-0.1, -0.05) is 24.3 Å². The first-order valence-electron chi connectivity index (χ1n) is 5.58. The Bertz CT molecular complexity index is 344.